The molecule has 0 aliphatic carbocycles. The zero-order chi connectivity index (χ0) is 23.8. The van der Waals surface area contributed by atoms with Crippen LogP contribution in [0.15, 0.2) is 59.3 Å². The van der Waals surface area contributed by atoms with Gasteiger partial charge in [-0.25, -0.2) is 0 Å². The van der Waals surface area contributed by atoms with E-state index in [2.05, 4.69) is 10.6 Å². The van der Waals surface area contributed by atoms with E-state index in [0.717, 1.165) is 5.56 Å². The summed E-state index contributed by atoms with van der Waals surface area (Å²) in [4.78, 5) is 53.0. The monoisotopic (exact) mass is 484 g/mol. The molecule has 3 rings (SSSR count). The summed E-state index contributed by atoms with van der Waals surface area (Å²) in [5.74, 6) is -1.02. The molecule has 8 nitrogen and oxygen atoms in total. The lowest BCUT2D eigenvalue weighted by atomic mass is 10.2. The first-order chi connectivity index (χ1) is 15.8. The number of carbonyl (C=O) groups excluding carboxylic acids is 4. The zero-order valence-electron chi connectivity index (χ0n) is 18.2. The van der Waals surface area contributed by atoms with Crippen molar-refractivity contribution in [3.8, 4) is 0 Å². The lowest BCUT2D eigenvalue weighted by Crippen LogP contribution is -2.37. The summed E-state index contributed by atoms with van der Waals surface area (Å²) in [6.45, 7) is 0.112. The molecule has 33 heavy (non-hydrogen) atoms. The second kappa shape index (κ2) is 11.4. The number of thiophene rings is 2. The molecule has 1 aromatic carbocycles. The van der Waals surface area contributed by atoms with Crippen molar-refractivity contribution in [1.29, 1.82) is 0 Å². The van der Waals surface area contributed by atoms with Gasteiger partial charge in [-0.15, -0.1) is 22.7 Å². The predicted octanol–water partition coefficient (Wildman–Crippen LogP) is 2.91. The minimum Gasteiger partial charge on any atom is -0.350 e. The van der Waals surface area contributed by atoms with Crippen molar-refractivity contribution in [3.63, 3.8) is 0 Å². The van der Waals surface area contributed by atoms with Crippen molar-refractivity contribution in [2.45, 2.75) is 6.54 Å². The highest BCUT2D eigenvalue weighted by molar-refractivity contribution is 7.12. The molecule has 4 amide bonds. The smallest absolute Gasteiger partial charge is 0.264 e. The van der Waals surface area contributed by atoms with E-state index in [1.807, 2.05) is 16.8 Å². The molecule has 2 aromatic heterocycles. The van der Waals surface area contributed by atoms with Crippen molar-refractivity contribution in [2.24, 2.45) is 0 Å². The van der Waals surface area contributed by atoms with E-state index in [0.29, 0.717) is 15.4 Å². The number of hydrogen-bond acceptors (Lipinski definition) is 6. The quantitative estimate of drug-likeness (QED) is 0.488. The third-order valence-corrected chi connectivity index (χ3v) is 6.34. The van der Waals surface area contributed by atoms with Crippen LogP contribution in [-0.2, 0) is 16.1 Å². The molecule has 172 valence electrons. The Morgan fingerprint density at radius 1 is 0.788 bits per heavy atom. The lowest BCUT2D eigenvalue weighted by molar-refractivity contribution is -0.121. The van der Waals surface area contributed by atoms with Crippen molar-refractivity contribution in [1.82, 2.24) is 15.1 Å². The summed E-state index contributed by atoms with van der Waals surface area (Å²) in [6, 6.07) is 14.1. The first kappa shape index (κ1) is 24.1. The van der Waals surface area contributed by atoms with Gasteiger partial charge in [0.15, 0.2) is 0 Å². The highest BCUT2D eigenvalue weighted by Crippen LogP contribution is 2.13. The molecule has 0 saturated heterocycles. The first-order valence-corrected chi connectivity index (χ1v) is 11.8. The van der Waals surface area contributed by atoms with Gasteiger partial charge in [-0.2, -0.15) is 0 Å². The molecule has 3 aromatic rings. The average molecular weight is 485 g/mol. The van der Waals surface area contributed by atoms with Crippen LogP contribution in [0.3, 0.4) is 0 Å². The number of nitrogens with zero attached hydrogens (tertiary/aromatic N) is 2. The molecule has 0 bridgehead atoms. The van der Waals surface area contributed by atoms with Crippen LogP contribution in [0.2, 0.25) is 0 Å². The molecule has 0 fully saturated rings. The maximum absolute atomic E-state index is 12.3. The van der Waals surface area contributed by atoms with Crippen LogP contribution in [0, 0.1) is 0 Å². The molecule has 0 aliphatic heterocycles. The summed E-state index contributed by atoms with van der Waals surface area (Å²) < 4.78 is 0. The number of rotatable bonds is 9. The lowest BCUT2D eigenvalue weighted by Gasteiger charge is -2.17. The largest absolute Gasteiger partial charge is 0.350 e. The van der Waals surface area contributed by atoms with Gasteiger partial charge in [0.2, 0.25) is 11.8 Å². The Balaban J connectivity index is 1.47. The van der Waals surface area contributed by atoms with Gasteiger partial charge in [-0.05, 0) is 40.6 Å². The average Bonchev–Trinajstić information content (AvgIpc) is 3.51. The van der Waals surface area contributed by atoms with E-state index in [9.17, 15) is 19.2 Å². The zero-order valence-corrected chi connectivity index (χ0v) is 19.9. The highest BCUT2D eigenvalue weighted by atomic mass is 32.1. The highest BCUT2D eigenvalue weighted by Gasteiger charge is 2.17. The number of nitrogens with one attached hydrogen (secondary N) is 2. The molecular weight excluding hydrogens is 460 g/mol. The minimum atomic E-state index is -0.322. The molecule has 0 saturated carbocycles. The molecule has 0 unspecified atom stereocenters. The van der Waals surface area contributed by atoms with E-state index in [4.69, 9.17) is 0 Å². The van der Waals surface area contributed by atoms with Crippen molar-refractivity contribution in [2.75, 3.05) is 32.5 Å². The minimum absolute atomic E-state index is 0.0578. The number of carbonyl (C=O) groups is 4. The standard InChI is InChI=1S/C23H24N4O4S2/c1-26(22(30)18-8-4-10-32-18)14-20(28)24-13-16-6-3-7-17(12-16)25-21(29)15-27(2)23(31)19-9-5-11-33-19/h3-12H,13-15H2,1-2H3,(H,24,28)(H,25,29). The topological polar surface area (TPSA) is 98.8 Å². The van der Waals surface area contributed by atoms with E-state index in [1.54, 1.807) is 56.6 Å². The normalized spacial score (nSPS) is 10.4. The summed E-state index contributed by atoms with van der Waals surface area (Å²) in [6.07, 6.45) is 0. The van der Waals surface area contributed by atoms with Gasteiger partial charge in [0, 0.05) is 26.3 Å². The van der Waals surface area contributed by atoms with Crippen molar-refractivity contribution in [3.05, 3.63) is 74.6 Å². The summed E-state index contributed by atoms with van der Waals surface area (Å²) >= 11 is 2.65. The van der Waals surface area contributed by atoms with E-state index in [-0.39, 0.29) is 43.3 Å². The van der Waals surface area contributed by atoms with Gasteiger partial charge < -0.3 is 20.4 Å². The summed E-state index contributed by atoms with van der Waals surface area (Å²) in [5, 5.41) is 9.17. The summed E-state index contributed by atoms with van der Waals surface area (Å²) in [5.41, 5.74) is 1.35. The van der Waals surface area contributed by atoms with Crippen LogP contribution in [0.4, 0.5) is 5.69 Å². The SMILES string of the molecule is CN(CC(=O)NCc1cccc(NC(=O)CN(C)C(=O)c2cccs2)c1)C(=O)c1cccs1. The Hall–Kier alpha value is -3.50. The molecular formula is C23H24N4O4S2. The third kappa shape index (κ3) is 6.99. The van der Waals surface area contributed by atoms with Crippen LogP contribution >= 0.6 is 22.7 Å². The van der Waals surface area contributed by atoms with Gasteiger partial charge in [0.25, 0.3) is 11.8 Å². The maximum atomic E-state index is 12.3. The summed E-state index contributed by atoms with van der Waals surface area (Å²) in [7, 11) is 3.16. The molecule has 2 heterocycles. The van der Waals surface area contributed by atoms with Crippen LogP contribution < -0.4 is 10.6 Å². The third-order valence-electron chi connectivity index (χ3n) is 4.62. The Morgan fingerprint density at radius 2 is 1.36 bits per heavy atom. The predicted molar refractivity (Wildman–Crippen MR) is 129 cm³/mol. The van der Waals surface area contributed by atoms with Crippen LogP contribution in [0.1, 0.15) is 24.9 Å². The number of likely N-dealkylation sites (N-methyl/N-ethyl adjacent to an activating group) is 2. The molecule has 0 atom stereocenters. The molecule has 2 N–H and O–H groups in total. The Morgan fingerprint density at radius 3 is 1.91 bits per heavy atom. The number of benzene rings is 1. The molecule has 10 heteroatoms. The number of hydrogen-bond donors (Lipinski definition) is 2. The van der Waals surface area contributed by atoms with Crippen LogP contribution in [-0.4, -0.2) is 60.6 Å². The fraction of sp³-hybridized carbons (Fsp3) is 0.217. The molecule has 0 radical (unpaired) electrons. The van der Waals surface area contributed by atoms with E-state index >= 15 is 0 Å². The molecule has 0 aliphatic rings. The van der Waals surface area contributed by atoms with Gasteiger partial charge >= 0.3 is 0 Å². The van der Waals surface area contributed by atoms with Crippen molar-refractivity contribution >= 4 is 52.0 Å². The fourth-order valence-electron chi connectivity index (χ4n) is 2.97. The first-order valence-electron chi connectivity index (χ1n) is 10.1. The maximum Gasteiger partial charge on any atom is 0.264 e. The fourth-order valence-corrected chi connectivity index (χ4v) is 4.40. The molecule has 0 spiro atoms. The van der Waals surface area contributed by atoms with Crippen LogP contribution in [0.5, 0.6) is 0 Å². The number of anilines is 1. The van der Waals surface area contributed by atoms with Gasteiger partial charge in [-0.1, -0.05) is 24.3 Å². The Bertz CT molecular complexity index is 1110. The second-order valence-corrected chi connectivity index (χ2v) is 9.20. The van der Waals surface area contributed by atoms with E-state index < -0.39 is 0 Å². The Kier molecular flexibility index (Phi) is 8.34. The van der Waals surface area contributed by atoms with Crippen molar-refractivity contribution < 1.29 is 19.2 Å². The van der Waals surface area contributed by atoms with Crippen LogP contribution in [0.25, 0.3) is 0 Å². The van der Waals surface area contributed by atoms with Gasteiger partial charge in [0.05, 0.1) is 22.8 Å². The van der Waals surface area contributed by atoms with Gasteiger partial charge in [0.1, 0.15) is 0 Å². The number of amides is 4. The second-order valence-electron chi connectivity index (χ2n) is 7.30. The van der Waals surface area contributed by atoms with E-state index in [1.165, 1.54) is 32.5 Å². The Labute approximate surface area is 199 Å². The van der Waals surface area contributed by atoms with Gasteiger partial charge in [-0.3, -0.25) is 19.2 Å².